The maximum Gasteiger partial charge on any atom is 0.0547 e. The first-order valence-corrected chi connectivity index (χ1v) is 6.86. The maximum atomic E-state index is 5.91. The highest BCUT2D eigenvalue weighted by molar-refractivity contribution is 4.73. The van der Waals surface area contributed by atoms with Crippen LogP contribution in [0.5, 0.6) is 0 Å². The van der Waals surface area contributed by atoms with Crippen molar-refractivity contribution in [3.05, 3.63) is 0 Å². The van der Waals surface area contributed by atoms with E-state index < -0.39 is 0 Å². The SMILES string of the molecule is CCCC(C)OCC1CCCC(COC)C1. The normalized spacial score (nSPS) is 27.9. The van der Waals surface area contributed by atoms with Crippen LogP contribution in [0.1, 0.15) is 52.4 Å². The van der Waals surface area contributed by atoms with E-state index in [1.807, 2.05) is 7.11 Å². The predicted octanol–water partition coefficient (Wildman–Crippen LogP) is 3.64. The van der Waals surface area contributed by atoms with Crippen LogP contribution in [0.2, 0.25) is 0 Å². The van der Waals surface area contributed by atoms with Crippen LogP contribution in [-0.4, -0.2) is 26.4 Å². The van der Waals surface area contributed by atoms with E-state index in [1.165, 1.54) is 38.5 Å². The lowest BCUT2D eigenvalue weighted by molar-refractivity contribution is 0.0130. The molecule has 1 fully saturated rings. The zero-order chi connectivity index (χ0) is 11.8. The summed E-state index contributed by atoms with van der Waals surface area (Å²) in [6.07, 6.45) is 8.18. The summed E-state index contributed by atoms with van der Waals surface area (Å²) in [6, 6.07) is 0. The van der Waals surface area contributed by atoms with Crippen molar-refractivity contribution in [2.45, 2.75) is 58.5 Å². The molecule has 0 N–H and O–H groups in total. The third kappa shape index (κ3) is 5.31. The van der Waals surface area contributed by atoms with Gasteiger partial charge in [-0.25, -0.2) is 0 Å². The largest absolute Gasteiger partial charge is 0.384 e. The van der Waals surface area contributed by atoms with Gasteiger partial charge in [0.05, 0.1) is 6.10 Å². The predicted molar refractivity (Wildman–Crippen MR) is 67.6 cm³/mol. The van der Waals surface area contributed by atoms with E-state index in [0.29, 0.717) is 6.10 Å². The third-order valence-corrected chi connectivity index (χ3v) is 3.61. The summed E-state index contributed by atoms with van der Waals surface area (Å²) in [6.45, 7) is 6.30. The van der Waals surface area contributed by atoms with Crippen LogP contribution >= 0.6 is 0 Å². The van der Waals surface area contributed by atoms with Gasteiger partial charge in [-0.3, -0.25) is 0 Å². The Morgan fingerprint density at radius 1 is 1.19 bits per heavy atom. The summed E-state index contributed by atoms with van der Waals surface area (Å²) < 4.78 is 11.2. The lowest BCUT2D eigenvalue weighted by atomic mass is 9.82. The molecule has 1 rings (SSSR count). The second-order valence-electron chi connectivity index (χ2n) is 5.29. The van der Waals surface area contributed by atoms with Crippen LogP contribution in [0.4, 0.5) is 0 Å². The summed E-state index contributed by atoms with van der Waals surface area (Å²) in [7, 11) is 1.81. The summed E-state index contributed by atoms with van der Waals surface area (Å²) >= 11 is 0. The van der Waals surface area contributed by atoms with Gasteiger partial charge in [0.25, 0.3) is 0 Å². The van der Waals surface area contributed by atoms with Crippen LogP contribution < -0.4 is 0 Å². The summed E-state index contributed by atoms with van der Waals surface area (Å²) in [5.41, 5.74) is 0. The monoisotopic (exact) mass is 228 g/mol. The molecular formula is C14H28O2. The third-order valence-electron chi connectivity index (χ3n) is 3.61. The molecule has 3 atom stereocenters. The fraction of sp³-hybridized carbons (Fsp3) is 1.00. The Morgan fingerprint density at radius 3 is 2.50 bits per heavy atom. The summed E-state index contributed by atoms with van der Waals surface area (Å²) in [4.78, 5) is 0. The molecule has 3 unspecified atom stereocenters. The second kappa shape index (κ2) is 8.08. The van der Waals surface area contributed by atoms with Crippen molar-refractivity contribution in [1.29, 1.82) is 0 Å². The molecule has 1 aliphatic rings. The van der Waals surface area contributed by atoms with Crippen molar-refractivity contribution >= 4 is 0 Å². The lowest BCUT2D eigenvalue weighted by Gasteiger charge is -2.29. The van der Waals surface area contributed by atoms with Gasteiger partial charge in [-0.2, -0.15) is 0 Å². The lowest BCUT2D eigenvalue weighted by Crippen LogP contribution is -2.24. The van der Waals surface area contributed by atoms with Crippen LogP contribution in [0.15, 0.2) is 0 Å². The molecule has 16 heavy (non-hydrogen) atoms. The number of rotatable bonds is 7. The van der Waals surface area contributed by atoms with E-state index in [2.05, 4.69) is 13.8 Å². The van der Waals surface area contributed by atoms with Gasteiger partial charge in [-0.1, -0.05) is 19.8 Å². The molecule has 0 aromatic rings. The van der Waals surface area contributed by atoms with Gasteiger partial charge in [0.1, 0.15) is 0 Å². The molecule has 0 radical (unpaired) electrons. The van der Waals surface area contributed by atoms with Gasteiger partial charge in [-0.05, 0) is 44.4 Å². The van der Waals surface area contributed by atoms with Crippen LogP contribution in [-0.2, 0) is 9.47 Å². The van der Waals surface area contributed by atoms with E-state index in [4.69, 9.17) is 9.47 Å². The van der Waals surface area contributed by atoms with E-state index in [-0.39, 0.29) is 0 Å². The average Bonchev–Trinajstić information content (AvgIpc) is 2.28. The molecule has 0 saturated heterocycles. The van der Waals surface area contributed by atoms with Crippen molar-refractivity contribution in [1.82, 2.24) is 0 Å². The Balaban J connectivity index is 2.16. The molecule has 2 nitrogen and oxygen atoms in total. The number of methoxy groups -OCH3 is 1. The first kappa shape index (κ1) is 14.0. The highest BCUT2D eigenvalue weighted by Crippen LogP contribution is 2.29. The Hall–Kier alpha value is -0.0800. The van der Waals surface area contributed by atoms with Gasteiger partial charge < -0.3 is 9.47 Å². The maximum absolute atomic E-state index is 5.91. The Labute approximate surface area is 101 Å². The van der Waals surface area contributed by atoms with Crippen LogP contribution in [0.25, 0.3) is 0 Å². The smallest absolute Gasteiger partial charge is 0.0547 e. The quantitative estimate of drug-likeness (QED) is 0.662. The van der Waals surface area contributed by atoms with Gasteiger partial charge >= 0.3 is 0 Å². The highest BCUT2D eigenvalue weighted by Gasteiger charge is 2.22. The van der Waals surface area contributed by atoms with Gasteiger partial charge in [0, 0.05) is 20.3 Å². The minimum Gasteiger partial charge on any atom is -0.384 e. The van der Waals surface area contributed by atoms with Crippen molar-refractivity contribution in [2.24, 2.45) is 11.8 Å². The van der Waals surface area contributed by atoms with E-state index >= 15 is 0 Å². The average molecular weight is 228 g/mol. The van der Waals surface area contributed by atoms with Crippen molar-refractivity contribution < 1.29 is 9.47 Å². The van der Waals surface area contributed by atoms with E-state index in [9.17, 15) is 0 Å². The Bertz CT molecular complexity index is 168. The van der Waals surface area contributed by atoms with E-state index in [1.54, 1.807) is 0 Å². The highest BCUT2D eigenvalue weighted by atomic mass is 16.5. The van der Waals surface area contributed by atoms with Crippen molar-refractivity contribution in [3.8, 4) is 0 Å². The second-order valence-corrected chi connectivity index (χ2v) is 5.29. The molecule has 0 spiro atoms. The zero-order valence-corrected chi connectivity index (χ0v) is 11.2. The fourth-order valence-electron chi connectivity index (χ4n) is 2.73. The van der Waals surface area contributed by atoms with E-state index in [0.717, 1.165) is 25.0 Å². The molecule has 1 saturated carbocycles. The Morgan fingerprint density at radius 2 is 1.88 bits per heavy atom. The number of hydrogen-bond acceptors (Lipinski definition) is 2. The molecule has 0 aliphatic heterocycles. The van der Waals surface area contributed by atoms with Crippen molar-refractivity contribution in [2.75, 3.05) is 20.3 Å². The van der Waals surface area contributed by atoms with Crippen LogP contribution in [0.3, 0.4) is 0 Å². The van der Waals surface area contributed by atoms with Crippen LogP contribution in [0, 0.1) is 11.8 Å². The molecule has 0 aromatic carbocycles. The number of hydrogen-bond donors (Lipinski definition) is 0. The minimum atomic E-state index is 0.438. The van der Waals surface area contributed by atoms with Gasteiger partial charge in [-0.15, -0.1) is 0 Å². The molecule has 1 aliphatic carbocycles. The topological polar surface area (TPSA) is 18.5 Å². The molecular weight excluding hydrogens is 200 g/mol. The standard InChI is InChI=1S/C14H28O2/c1-4-6-12(2)16-11-14-8-5-7-13(9-14)10-15-3/h12-14H,4-11H2,1-3H3. The summed E-state index contributed by atoms with van der Waals surface area (Å²) in [5, 5.41) is 0. The first-order valence-electron chi connectivity index (χ1n) is 6.86. The first-order chi connectivity index (χ1) is 7.76. The number of ether oxygens (including phenoxy) is 2. The van der Waals surface area contributed by atoms with Crippen molar-refractivity contribution in [3.63, 3.8) is 0 Å². The summed E-state index contributed by atoms with van der Waals surface area (Å²) in [5.74, 6) is 1.54. The molecule has 0 heterocycles. The molecule has 2 heteroatoms. The molecule has 0 bridgehead atoms. The van der Waals surface area contributed by atoms with Gasteiger partial charge in [0.15, 0.2) is 0 Å². The minimum absolute atomic E-state index is 0.438. The van der Waals surface area contributed by atoms with Gasteiger partial charge in [0.2, 0.25) is 0 Å². The molecule has 0 aromatic heterocycles. The molecule has 96 valence electrons. The fourth-order valence-corrected chi connectivity index (χ4v) is 2.73. The zero-order valence-electron chi connectivity index (χ0n) is 11.2. The molecule has 0 amide bonds. The Kier molecular flexibility index (Phi) is 7.06.